The van der Waals surface area contributed by atoms with Gasteiger partial charge in [0.05, 0.1) is 6.33 Å². The summed E-state index contributed by atoms with van der Waals surface area (Å²) in [6.45, 7) is 2.34. The van der Waals surface area contributed by atoms with Crippen LogP contribution >= 0.6 is 0 Å². The number of hydrogen-bond donors (Lipinski definition) is 1. The first-order valence-electron chi connectivity index (χ1n) is 6.64. The molecule has 3 rings (SSSR count). The van der Waals surface area contributed by atoms with Gasteiger partial charge in [-0.25, -0.2) is 9.78 Å². The number of rotatable bonds is 4. The Balaban J connectivity index is 1.68. The van der Waals surface area contributed by atoms with Crippen LogP contribution in [0, 0.1) is 0 Å². The van der Waals surface area contributed by atoms with E-state index in [1.807, 2.05) is 41.2 Å². The predicted molar refractivity (Wildman–Crippen MR) is 79.9 cm³/mol. The number of allylic oxidation sites excluding steroid dienone is 1. The van der Waals surface area contributed by atoms with Gasteiger partial charge in [-0.15, -0.1) is 0 Å². The molecule has 0 amide bonds. The minimum Gasteiger partial charge on any atom is -0.423 e. The van der Waals surface area contributed by atoms with Crippen molar-refractivity contribution < 1.29 is 9.53 Å². The quantitative estimate of drug-likeness (QED) is 0.454. The number of aromatic amines is 1. The van der Waals surface area contributed by atoms with E-state index in [0.717, 1.165) is 10.9 Å². The van der Waals surface area contributed by atoms with Gasteiger partial charge in [0.1, 0.15) is 5.75 Å². The number of esters is 1. The van der Waals surface area contributed by atoms with Gasteiger partial charge in [0.15, 0.2) is 0 Å². The molecular formula is C16H15N3O2. The van der Waals surface area contributed by atoms with Crippen LogP contribution in [0.4, 0.5) is 0 Å². The first-order chi connectivity index (χ1) is 10.2. The number of nitrogens with zero attached hydrogens (tertiary/aromatic N) is 2. The van der Waals surface area contributed by atoms with Crippen molar-refractivity contribution in [2.24, 2.45) is 0 Å². The number of hydrogen-bond acceptors (Lipinski definition) is 3. The summed E-state index contributed by atoms with van der Waals surface area (Å²) in [4.78, 5) is 19.1. The Morgan fingerprint density at radius 1 is 1.43 bits per heavy atom. The van der Waals surface area contributed by atoms with Gasteiger partial charge < -0.3 is 14.3 Å². The van der Waals surface area contributed by atoms with E-state index in [1.54, 1.807) is 25.5 Å². The fourth-order valence-electron chi connectivity index (χ4n) is 2.00. The van der Waals surface area contributed by atoms with Crippen LogP contribution in [0.1, 0.15) is 6.92 Å². The molecule has 2 heterocycles. The highest BCUT2D eigenvalue weighted by atomic mass is 16.5. The van der Waals surface area contributed by atoms with Crippen LogP contribution in [-0.2, 0) is 11.3 Å². The molecule has 3 aromatic rings. The minimum absolute atomic E-state index is 0.343. The van der Waals surface area contributed by atoms with Gasteiger partial charge in [-0.1, -0.05) is 6.08 Å². The van der Waals surface area contributed by atoms with Crippen LogP contribution in [0.25, 0.3) is 10.9 Å². The molecule has 0 aliphatic carbocycles. The Labute approximate surface area is 121 Å². The molecule has 21 heavy (non-hydrogen) atoms. The van der Waals surface area contributed by atoms with E-state index >= 15 is 0 Å². The number of carbonyl (C=O) groups is 1. The van der Waals surface area contributed by atoms with Crippen molar-refractivity contribution in [3.8, 4) is 5.75 Å². The lowest BCUT2D eigenvalue weighted by atomic mass is 10.2. The maximum absolute atomic E-state index is 12.0. The van der Waals surface area contributed by atoms with E-state index in [0.29, 0.717) is 17.9 Å². The summed E-state index contributed by atoms with van der Waals surface area (Å²) in [7, 11) is 0. The molecule has 1 aromatic carbocycles. The number of carbonyl (C=O) groups excluding carboxylic acids is 1. The predicted octanol–water partition coefficient (Wildman–Crippen LogP) is 2.92. The minimum atomic E-state index is -0.343. The van der Waals surface area contributed by atoms with Gasteiger partial charge in [0, 0.05) is 41.6 Å². The van der Waals surface area contributed by atoms with E-state index in [9.17, 15) is 4.79 Å². The van der Waals surface area contributed by atoms with Crippen molar-refractivity contribution in [1.29, 1.82) is 0 Å². The smallest absolute Gasteiger partial charge is 0.338 e. The fourth-order valence-corrected chi connectivity index (χ4v) is 2.00. The topological polar surface area (TPSA) is 59.9 Å². The number of benzene rings is 1. The van der Waals surface area contributed by atoms with Crippen molar-refractivity contribution in [2.45, 2.75) is 13.5 Å². The molecule has 106 valence electrons. The Kier molecular flexibility index (Phi) is 3.55. The number of H-pyrrole nitrogens is 1. The first-order valence-corrected chi connectivity index (χ1v) is 6.64. The molecule has 0 saturated carbocycles. The molecule has 0 saturated heterocycles. The normalized spacial score (nSPS) is 11.8. The molecular weight excluding hydrogens is 266 g/mol. The Morgan fingerprint density at radius 2 is 2.33 bits per heavy atom. The molecule has 0 spiro atoms. The first kappa shape index (κ1) is 13.2. The maximum Gasteiger partial charge on any atom is 0.338 e. The van der Waals surface area contributed by atoms with Crippen molar-refractivity contribution >= 4 is 16.9 Å². The summed E-state index contributed by atoms with van der Waals surface area (Å²) in [6, 6.07) is 7.45. The second kappa shape index (κ2) is 5.66. The van der Waals surface area contributed by atoms with Crippen molar-refractivity contribution in [2.75, 3.05) is 0 Å². The zero-order chi connectivity index (χ0) is 14.7. The van der Waals surface area contributed by atoms with Crippen LogP contribution in [0.5, 0.6) is 5.75 Å². The summed E-state index contributed by atoms with van der Waals surface area (Å²) in [5.74, 6) is 0.201. The van der Waals surface area contributed by atoms with Gasteiger partial charge in [0.2, 0.25) is 0 Å². The monoisotopic (exact) mass is 281 g/mol. The van der Waals surface area contributed by atoms with Gasteiger partial charge >= 0.3 is 5.97 Å². The molecule has 0 fully saturated rings. The largest absolute Gasteiger partial charge is 0.423 e. The Hall–Kier alpha value is -2.82. The van der Waals surface area contributed by atoms with Crippen LogP contribution in [-0.4, -0.2) is 20.5 Å². The second-order valence-corrected chi connectivity index (χ2v) is 4.76. The summed E-state index contributed by atoms with van der Waals surface area (Å²) in [5.41, 5.74) is 1.58. The standard InChI is InChI=1S/C16H15N3O2/c1-12(5-8-19-9-7-17-11-19)16(20)21-14-2-3-15-13(10-14)4-6-18-15/h2-7,9-11,18H,8H2,1H3. The lowest BCUT2D eigenvalue weighted by Crippen LogP contribution is -2.10. The van der Waals surface area contributed by atoms with Crippen molar-refractivity contribution in [3.63, 3.8) is 0 Å². The fraction of sp³-hybridized carbons (Fsp3) is 0.125. The number of fused-ring (bicyclic) bond motifs is 1. The summed E-state index contributed by atoms with van der Waals surface area (Å²) in [5, 5.41) is 1.01. The number of imidazole rings is 1. The molecule has 0 atom stereocenters. The molecule has 1 N–H and O–H groups in total. The molecule has 5 nitrogen and oxygen atoms in total. The van der Waals surface area contributed by atoms with E-state index < -0.39 is 0 Å². The molecule has 2 aromatic heterocycles. The summed E-state index contributed by atoms with van der Waals surface area (Å²) >= 11 is 0. The molecule has 0 unspecified atom stereocenters. The summed E-state index contributed by atoms with van der Waals surface area (Å²) < 4.78 is 7.26. The van der Waals surface area contributed by atoms with Crippen LogP contribution in [0.15, 0.2) is 60.8 Å². The Morgan fingerprint density at radius 3 is 3.14 bits per heavy atom. The highest BCUT2D eigenvalue weighted by molar-refractivity contribution is 5.90. The lowest BCUT2D eigenvalue weighted by molar-refractivity contribution is -0.130. The Bertz CT molecular complexity index is 785. The van der Waals surface area contributed by atoms with E-state index in [2.05, 4.69) is 9.97 Å². The average Bonchev–Trinajstić information content (AvgIpc) is 3.15. The lowest BCUT2D eigenvalue weighted by Gasteiger charge is -2.05. The zero-order valence-electron chi connectivity index (χ0n) is 11.6. The van der Waals surface area contributed by atoms with Crippen molar-refractivity contribution in [1.82, 2.24) is 14.5 Å². The van der Waals surface area contributed by atoms with Gasteiger partial charge in [-0.3, -0.25) is 0 Å². The van der Waals surface area contributed by atoms with E-state index in [-0.39, 0.29) is 5.97 Å². The molecule has 5 heteroatoms. The van der Waals surface area contributed by atoms with Crippen molar-refractivity contribution in [3.05, 3.63) is 60.8 Å². The second-order valence-electron chi connectivity index (χ2n) is 4.76. The third-order valence-electron chi connectivity index (χ3n) is 3.22. The van der Waals surface area contributed by atoms with Crippen LogP contribution < -0.4 is 4.74 Å². The maximum atomic E-state index is 12.0. The van der Waals surface area contributed by atoms with Gasteiger partial charge in [0.25, 0.3) is 0 Å². The molecule has 0 aliphatic rings. The third kappa shape index (κ3) is 3.02. The zero-order valence-corrected chi connectivity index (χ0v) is 11.6. The highest BCUT2D eigenvalue weighted by Crippen LogP contribution is 2.20. The average molecular weight is 281 g/mol. The summed E-state index contributed by atoms with van der Waals surface area (Å²) in [6.07, 6.45) is 8.92. The van der Waals surface area contributed by atoms with E-state index in [4.69, 9.17) is 4.74 Å². The highest BCUT2D eigenvalue weighted by Gasteiger charge is 2.08. The van der Waals surface area contributed by atoms with E-state index in [1.165, 1.54) is 0 Å². The van der Waals surface area contributed by atoms with Gasteiger partial charge in [-0.2, -0.15) is 0 Å². The third-order valence-corrected chi connectivity index (χ3v) is 3.22. The number of aromatic nitrogens is 3. The molecule has 0 aliphatic heterocycles. The number of ether oxygens (including phenoxy) is 1. The van der Waals surface area contributed by atoms with Crippen LogP contribution in [0.2, 0.25) is 0 Å². The van der Waals surface area contributed by atoms with Gasteiger partial charge in [-0.05, 0) is 31.2 Å². The van der Waals surface area contributed by atoms with Crippen LogP contribution in [0.3, 0.4) is 0 Å². The number of nitrogens with one attached hydrogen (secondary N) is 1. The molecule has 0 bridgehead atoms. The SMILES string of the molecule is CC(=CCn1ccnc1)C(=O)Oc1ccc2[nH]ccc2c1. The molecule has 0 radical (unpaired) electrons.